The molecule has 0 fully saturated rings. The Kier molecular flexibility index (Phi) is 9.96. The van der Waals surface area contributed by atoms with Crippen LogP contribution in [0, 0.1) is 5.41 Å². The topological polar surface area (TPSA) is 95.4 Å². The van der Waals surface area contributed by atoms with Gasteiger partial charge in [-0.3, -0.25) is 9.59 Å². The number of rotatable bonds is 13. The summed E-state index contributed by atoms with van der Waals surface area (Å²) in [6.45, 7) is 17.7. The highest BCUT2D eigenvalue weighted by Gasteiger charge is 2.32. The van der Waals surface area contributed by atoms with Gasteiger partial charge in [0.1, 0.15) is 17.3 Å². The minimum atomic E-state index is -0.939. The Balaban J connectivity index is 2.09. The molecule has 7 heteroatoms. The normalized spacial score (nSPS) is 12.5. The molecule has 0 aliphatic heterocycles. The van der Waals surface area contributed by atoms with E-state index in [0.29, 0.717) is 12.1 Å². The van der Waals surface area contributed by atoms with E-state index in [9.17, 15) is 14.7 Å². The number of anilines is 1. The lowest BCUT2D eigenvalue weighted by atomic mass is 9.90. The number of hydrogen-bond acceptors (Lipinski definition) is 4. The average molecular weight is 495 g/mol. The Morgan fingerprint density at radius 2 is 1.72 bits per heavy atom. The minimum absolute atomic E-state index is 0.0253. The smallest absolute Gasteiger partial charge is 0.246 e. The largest absolute Gasteiger partial charge is 0.511 e. The van der Waals surface area contributed by atoms with Gasteiger partial charge in [-0.25, -0.2) is 0 Å². The Bertz CT molecular complexity index is 1050. The minimum Gasteiger partial charge on any atom is -0.511 e. The summed E-state index contributed by atoms with van der Waals surface area (Å²) in [7, 11) is 0. The number of benzene rings is 1. The van der Waals surface area contributed by atoms with E-state index in [-0.39, 0.29) is 29.5 Å². The van der Waals surface area contributed by atoms with Gasteiger partial charge in [0.05, 0.1) is 12.2 Å². The van der Waals surface area contributed by atoms with Crippen molar-refractivity contribution >= 4 is 17.5 Å². The molecular weight excluding hydrogens is 452 g/mol. The number of aromatic nitrogens is 1. The first kappa shape index (κ1) is 28.8. The van der Waals surface area contributed by atoms with Crippen molar-refractivity contribution in [3.63, 3.8) is 0 Å². The summed E-state index contributed by atoms with van der Waals surface area (Å²) in [5.74, 6) is -0.537. The van der Waals surface area contributed by atoms with Crippen LogP contribution in [0.4, 0.5) is 5.69 Å². The van der Waals surface area contributed by atoms with Crippen molar-refractivity contribution < 1.29 is 14.7 Å². The highest BCUT2D eigenvalue weighted by molar-refractivity contribution is 5.98. The number of aliphatic hydroxyl groups is 1. The third kappa shape index (κ3) is 10.0. The molecule has 196 valence electrons. The lowest BCUT2D eigenvalue weighted by molar-refractivity contribution is -0.130. The Labute approximate surface area is 215 Å². The molecule has 2 amide bonds. The Morgan fingerprint density at radius 1 is 1.06 bits per heavy atom. The van der Waals surface area contributed by atoms with Crippen LogP contribution >= 0.6 is 0 Å². The fraction of sp³-hybridized carbons (Fsp3) is 0.448. The molecule has 1 aromatic heterocycles. The Morgan fingerprint density at radius 3 is 2.33 bits per heavy atom. The lowest BCUT2D eigenvalue weighted by Crippen LogP contribution is -2.56. The second-order valence-electron chi connectivity index (χ2n) is 11.1. The van der Waals surface area contributed by atoms with Crippen molar-refractivity contribution in [2.45, 2.75) is 78.4 Å². The first-order valence-electron chi connectivity index (χ1n) is 12.4. The zero-order valence-corrected chi connectivity index (χ0v) is 22.4. The fourth-order valence-electron chi connectivity index (χ4n) is 4.00. The van der Waals surface area contributed by atoms with Crippen molar-refractivity contribution in [2.75, 3.05) is 5.32 Å². The summed E-state index contributed by atoms with van der Waals surface area (Å²) in [5.41, 5.74) is 1.64. The molecule has 1 unspecified atom stereocenters. The highest BCUT2D eigenvalue weighted by Crippen LogP contribution is 2.23. The van der Waals surface area contributed by atoms with Crippen LogP contribution in [-0.2, 0) is 22.6 Å². The number of nitrogens with zero attached hydrogens (tertiary/aromatic N) is 1. The monoisotopic (exact) mass is 494 g/mol. The zero-order chi connectivity index (χ0) is 26.9. The van der Waals surface area contributed by atoms with E-state index in [4.69, 9.17) is 0 Å². The fourth-order valence-corrected chi connectivity index (χ4v) is 4.00. The van der Waals surface area contributed by atoms with Crippen molar-refractivity contribution in [2.24, 2.45) is 5.41 Å². The van der Waals surface area contributed by atoms with E-state index < -0.39 is 11.6 Å². The second kappa shape index (κ2) is 12.5. The molecule has 2 aromatic rings. The van der Waals surface area contributed by atoms with Gasteiger partial charge in [0.15, 0.2) is 0 Å². The van der Waals surface area contributed by atoms with Gasteiger partial charge in [-0.2, -0.15) is 0 Å². The van der Waals surface area contributed by atoms with Crippen LogP contribution < -0.4 is 16.0 Å². The van der Waals surface area contributed by atoms with Crippen molar-refractivity contribution in [3.8, 4) is 0 Å². The molecule has 1 heterocycles. The van der Waals surface area contributed by atoms with Gasteiger partial charge in [-0.05, 0) is 56.6 Å². The van der Waals surface area contributed by atoms with Gasteiger partial charge >= 0.3 is 0 Å². The molecule has 0 saturated carbocycles. The first-order chi connectivity index (χ1) is 16.7. The van der Waals surface area contributed by atoms with Crippen LogP contribution in [0.1, 0.15) is 59.4 Å². The van der Waals surface area contributed by atoms with Crippen LogP contribution in [0.3, 0.4) is 0 Å². The van der Waals surface area contributed by atoms with Gasteiger partial charge in [-0.15, -0.1) is 0 Å². The molecule has 0 bridgehead atoms. The summed E-state index contributed by atoms with van der Waals surface area (Å²) in [6.07, 6.45) is 6.21. The summed E-state index contributed by atoms with van der Waals surface area (Å²) in [6, 6.07) is 11.1. The van der Waals surface area contributed by atoms with Crippen LogP contribution in [0.25, 0.3) is 0 Å². The van der Waals surface area contributed by atoms with E-state index >= 15 is 0 Å². The summed E-state index contributed by atoms with van der Waals surface area (Å²) in [4.78, 5) is 26.5. The third-order valence-electron chi connectivity index (χ3n) is 5.61. The predicted octanol–water partition coefficient (Wildman–Crippen LogP) is 5.32. The maximum absolute atomic E-state index is 13.3. The lowest BCUT2D eigenvalue weighted by Gasteiger charge is -2.31. The number of aryl methyl sites for hydroxylation is 1. The van der Waals surface area contributed by atoms with Crippen LogP contribution in [0.5, 0.6) is 0 Å². The SMILES string of the molecule is C=C(O)Cn1ccc(NC(=O)C(CCCc2ccccc2)NC(=O)C(C)(C)NC(=C)CC(C)(C)C)c1. The molecule has 0 radical (unpaired) electrons. The summed E-state index contributed by atoms with van der Waals surface area (Å²) >= 11 is 0. The van der Waals surface area contributed by atoms with Crippen molar-refractivity contribution in [3.05, 3.63) is 79.0 Å². The van der Waals surface area contributed by atoms with Crippen molar-refractivity contribution in [1.82, 2.24) is 15.2 Å². The standard InChI is InChI=1S/C29H42N4O3/c1-21(18-28(3,4)5)32-29(6,7)27(36)31-25(15-11-14-23-12-9-8-10-13-23)26(35)30-24-16-17-33(20-24)19-22(2)34/h8-10,12-13,16-17,20,25,32,34H,1-2,11,14-15,18-19H2,3-7H3,(H,30,35)(H,31,36). The van der Waals surface area contributed by atoms with Gasteiger partial charge in [0, 0.05) is 18.1 Å². The van der Waals surface area contributed by atoms with E-state index in [0.717, 1.165) is 25.0 Å². The number of nitrogens with one attached hydrogen (secondary N) is 3. The predicted molar refractivity (Wildman–Crippen MR) is 147 cm³/mol. The van der Waals surface area contributed by atoms with E-state index in [1.54, 1.807) is 36.9 Å². The summed E-state index contributed by atoms with van der Waals surface area (Å²) in [5, 5.41) is 18.5. The van der Waals surface area contributed by atoms with Crippen LogP contribution in [-0.4, -0.2) is 33.1 Å². The van der Waals surface area contributed by atoms with Crippen LogP contribution in [0.2, 0.25) is 0 Å². The molecule has 7 nitrogen and oxygen atoms in total. The van der Waals surface area contributed by atoms with E-state index in [1.807, 2.05) is 18.2 Å². The van der Waals surface area contributed by atoms with Crippen LogP contribution in [0.15, 0.2) is 73.4 Å². The van der Waals surface area contributed by atoms with Gasteiger partial charge < -0.3 is 25.6 Å². The maximum atomic E-state index is 13.3. The highest BCUT2D eigenvalue weighted by atomic mass is 16.3. The number of carbonyl (C=O) groups excluding carboxylic acids is 2. The number of amides is 2. The molecule has 0 spiro atoms. The van der Waals surface area contributed by atoms with Gasteiger partial charge in [0.25, 0.3) is 0 Å². The molecule has 1 aromatic carbocycles. The number of hydrogen-bond donors (Lipinski definition) is 4. The molecule has 0 saturated heterocycles. The second-order valence-corrected chi connectivity index (χ2v) is 11.1. The van der Waals surface area contributed by atoms with Gasteiger partial charge in [-0.1, -0.05) is 64.3 Å². The number of allylic oxidation sites excluding steroid dienone is 2. The zero-order valence-electron chi connectivity index (χ0n) is 22.4. The molecule has 2 rings (SSSR count). The summed E-state index contributed by atoms with van der Waals surface area (Å²) < 4.78 is 1.72. The van der Waals surface area contributed by atoms with E-state index in [1.165, 1.54) is 5.56 Å². The average Bonchev–Trinajstić information content (AvgIpc) is 3.17. The van der Waals surface area contributed by atoms with Crippen molar-refractivity contribution in [1.29, 1.82) is 0 Å². The molecule has 0 aliphatic rings. The molecule has 36 heavy (non-hydrogen) atoms. The third-order valence-corrected chi connectivity index (χ3v) is 5.61. The molecule has 4 N–H and O–H groups in total. The first-order valence-corrected chi connectivity index (χ1v) is 12.4. The van der Waals surface area contributed by atoms with E-state index in [2.05, 4.69) is 62.0 Å². The number of aliphatic hydroxyl groups excluding tert-OH is 1. The molecular formula is C29H42N4O3. The quantitative estimate of drug-likeness (QED) is 0.283. The Hall–Kier alpha value is -3.48. The molecule has 0 aliphatic carbocycles. The molecule has 1 atom stereocenters. The van der Waals surface area contributed by atoms with Gasteiger partial charge in [0.2, 0.25) is 11.8 Å². The number of carbonyl (C=O) groups is 2. The maximum Gasteiger partial charge on any atom is 0.246 e.